The van der Waals surface area contributed by atoms with Crippen LogP contribution in [0.1, 0.15) is 61.6 Å². The van der Waals surface area contributed by atoms with E-state index in [-0.39, 0.29) is 12.6 Å². The fraction of sp³-hybridized carbons (Fsp3) is 0.483. The number of benzene rings is 2. The molecule has 0 spiro atoms. The van der Waals surface area contributed by atoms with Crippen LogP contribution in [-0.4, -0.2) is 41.6 Å². The van der Waals surface area contributed by atoms with Crippen LogP contribution in [0.15, 0.2) is 48.5 Å². The van der Waals surface area contributed by atoms with Crippen molar-refractivity contribution in [2.24, 2.45) is 10.8 Å². The van der Waals surface area contributed by atoms with Crippen molar-refractivity contribution >= 4 is 16.9 Å². The normalized spacial score (nSPS) is 23.8. The maximum atomic E-state index is 12.9. The smallest absolute Gasteiger partial charge is 0.340 e. The van der Waals surface area contributed by atoms with Crippen molar-refractivity contribution in [2.75, 3.05) is 19.7 Å². The Morgan fingerprint density at radius 2 is 1.91 bits per heavy atom. The van der Waals surface area contributed by atoms with Gasteiger partial charge in [0.05, 0.1) is 5.56 Å². The van der Waals surface area contributed by atoms with Gasteiger partial charge in [-0.3, -0.25) is 4.90 Å². The van der Waals surface area contributed by atoms with Crippen LogP contribution in [0.2, 0.25) is 0 Å². The Balaban J connectivity index is 1.24. The molecule has 5 nitrogen and oxygen atoms in total. The zero-order chi connectivity index (χ0) is 23.9. The van der Waals surface area contributed by atoms with Gasteiger partial charge in [0.1, 0.15) is 19.0 Å². The molecule has 34 heavy (non-hydrogen) atoms. The molecule has 1 aliphatic carbocycles. The number of ether oxygens (including phenoxy) is 2. The standard InChI is InChI=1S/C29H36N2O3/c1-20-26(27(32)34-17-21-8-6-5-7-9-21)24-14-23(10-11-25(24)30-20)33-13-12-31-19-29(4)16-22(31)15-28(2,3)18-29/h5-11,14,22,30H,12-13,15-19H2,1-4H3. The Bertz CT molecular complexity index is 1180. The van der Waals surface area contributed by atoms with Crippen LogP contribution in [-0.2, 0) is 11.3 Å². The maximum Gasteiger partial charge on any atom is 0.340 e. The van der Waals surface area contributed by atoms with Gasteiger partial charge in [0, 0.05) is 35.7 Å². The maximum absolute atomic E-state index is 12.9. The number of aryl methyl sites for hydroxylation is 1. The average molecular weight is 461 g/mol. The summed E-state index contributed by atoms with van der Waals surface area (Å²) in [6.45, 7) is 12.2. The van der Waals surface area contributed by atoms with Crippen molar-refractivity contribution in [1.82, 2.24) is 9.88 Å². The quantitative estimate of drug-likeness (QED) is 0.432. The molecule has 2 aliphatic rings. The predicted octanol–water partition coefficient (Wildman–Crippen LogP) is 6.11. The number of hydrogen-bond donors (Lipinski definition) is 1. The second-order valence-electron chi connectivity index (χ2n) is 11.4. The minimum absolute atomic E-state index is 0.259. The van der Waals surface area contributed by atoms with Crippen molar-refractivity contribution in [3.8, 4) is 5.75 Å². The molecule has 5 heteroatoms. The van der Waals surface area contributed by atoms with Crippen LogP contribution < -0.4 is 4.74 Å². The summed E-state index contributed by atoms with van der Waals surface area (Å²) in [7, 11) is 0. The van der Waals surface area contributed by atoms with Crippen molar-refractivity contribution in [3.63, 3.8) is 0 Å². The number of likely N-dealkylation sites (tertiary alicyclic amines) is 1. The van der Waals surface area contributed by atoms with E-state index in [9.17, 15) is 4.79 Å². The van der Waals surface area contributed by atoms with Crippen LogP contribution in [0.25, 0.3) is 10.9 Å². The van der Waals surface area contributed by atoms with Gasteiger partial charge in [-0.2, -0.15) is 0 Å². The van der Waals surface area contributed by atoms with E-state index in [0.29, 0.717) is 29.0 Å². The van der Waals surface area contributed by atoms with Crippen LogP contribution in [0, 0.1) is 17.8 Å². The van der Waals surface area contributed by atoms with E-state index in [2.05, 4.69) is 30.7 Å². The number of hydrogen-bond acceptors (Lipinski definition) is 4. The molecule has 1 N–H and O–H groups in total. The predicted molar refractivity (Wildman–Crippen MR) is 135 cm³/mol. The summed E-state index contributed by atoms with van der Waals surface area (Å²) in [6, 6.07) is 16.3. The molecule has 0 radical (unpaired) electrons. The molecule has 2 fully saturated rings. The van der Waals surface area contributed by atoms with E-state index in [0.717, 1.165) is 41.0 Å². The first-order chi connectivity index (χ1) is 16.2. The van der Waals surface area contributed by atoms with Gasteiger partial charge in [-0.05, 0) is 60.8 Å². The number of carbonyl (C=O) groups excluding carboxylic acids is 1. The molecule has 5 rings (SSSR count). The molecule has 2 unspecified atom stereocenters. The summed E-state index contributed by atoms with van der Waals surface area (Å²) in [5.74, 6) is 0.474. The van der Waals surface area contributed by atoms with Gasteiger partial charge in [0.15, 0.2) is 0 Å². The first kappa shape index (κ1) is 23.0. The molecule has 0 amide bonds. The number of aromatic nitrogens is 1. The molecule has 1 aliphatic heterocycles. The summed E-state index contributed by atoms with van der Waals surface area (Å²) >= 11 is 0. The molecule has 2 heterocycles. The number of nitrogens with one attached hydrogen (secondary N) is 1. The van der Waals surface area contributed by atoms with E-state index < -0.39 is 0 Å². The molecule has 2 aromatic carbocycles. The highest BCUT2D eigenvalue weighted by Crippen LogP contribution is 2.52. The van der Waals surface area contributed by atoms with E-state index in [1.54, 1.807) is 0 Å². The summed E-state index contributed by atoms with van der Waals surface area (Å²) in [4.78, 5) is 18.8. The lowest BCUT2D eigenvalue weighted by molar-refractivity contribution is 0.0474. The molecule has 1 saturated heterocycles. The Morgan fingerprint density at radius 1 is 1.12 bits per heavy atom. The molecular formula is C29H36N2O3. The number of fused-ring (bicyclic) bond motifs is 3. The minimum atomic E-state index is -0.315. The summed E-state index contributed by atoms with van der Waals surface area (Å²) in [5, 5.41) is 0.847. The zero-order valence-corrected chi connectivity index (χ0v) is 20.8. The van der Waals surface area contributed by atoms with Gasteiger partial charge < -0.3 is 14.5 Å². The van der Waals surface area contributed by atoms with Crippen LogP contribution in [0.3, 0.4) is 0 Å². The Morgan fingerprint density at radius 3 is 2.71 bits per heavy atom. The lowest BCUT2D eigenvalue weighted by atomic mass is 9.65. The van der Waals surface area contributed by atoms with Crippen molar-refractivity contribution in [2.45, 2.75) is 59.6 Å². The number of esters is 1. The highest BCUT2D eigenvalue weighted by atomic mass is 16.5. The second-order valence-corrected chi connectivity index (χ2v) is 11.4. The Kier molecular flexibility index (Phi) is 5.93. The topological polar surface area (TPSA) is 54.6 Å². The number of aromatic amines is 1. The molecule has 1 aromatic heterocycles. The molecule has 180 valence electrons. The third-order valence-electron chi connectivity index (χ3n) is 7.54. The number of rotatable bonds is 7. The highest BCUT2D eigenvalue weighted by Gasteiger charge is 2.49. The van der Waals surface area contributed by atoms with Gasteiger partial charge in [-0.25, -0.2) is 4.79 Å². The minimum Gasteiger partial charge on any atom is -0.492 e. The first-order valence-corrected chi connectivity index (χ1v) is 12.4. The number of carbonyl (C=O) groups is 1. The molecule has 3 aromatic rings. The van der Waals surface area contributed by atoms with Crippen molar-refractivity contribution < 1.29 is 14.3 Å². The highest BCUT2D eigenvalue weighted by molar-refractivity contribution is 6.05. The number of nitrogens with zero attached hydrogens (tertiary/aromatic N) is 1. The second kappa shape index (κ2) is 8.77. The average Bonchev–Trinajstić information content (AvgIpc) is 3.23. The summed E-state index contributed by atoms with van der Waals surface area (Å²) in [5.41, 5.74) is 4.14. The van der Waals surface area contributed by atoms with E-state index in [4.69, 9.17) is 9.47 Å². The van der Waals surface area contributed by atoms with Gasteiger partial charge in [0.25, 0.3) is 0 Å². The molecule has 2 bridgehead atoms. The Labute approximate surface area is 202 Å². The lowest BCUT2D eigenvalue weighted by Crippen LogP contribution is -2.36. The Hall–Kier alpha value is -2.79. The summed E-state index contributed by atoms with van der Waals surface area (Å²) in [6.07, 6.45) is 3.88. The lowest BCUT2D eigenvalue weighted by Gasteiger charge is -2.39. The van der Waals surface area contributed by atoms with Gasteiger partial charge in [-0.1, -0.05) is 51.1 Å². The fourth-order valence-electron chi connectivity index (χ4n) is 6.57. The fourth-order valence-corrected chi connectivity index (χ4v) is 6.57. The van der Waals surface area contributed by atoms with E-state index >= 15 is 0 Å². The van der Waals surface area contributed by atoms with Crippen LogP contribution >= 0.6 is 0 Å². The largest absolute Gasteiger partial charge is 0.492 e. The molecule has 2 atom stereocenters. The molecular weight excluding hydrogens is 424 g/mol. The zero-order valence-electron chi connectivity index (χ0n) is 20.8. The monoisotopic (exact) mass is 460 g/mol. The third kappa shape index (κ3) is 4.72. The SMILES string of the molecule is Cc1[nH]c2ccc(OCCN3CC4(C)CC3CC(C)(C)C4)cc2c1C(=O)OCc1ccccc1. The van der Waals surface area contributed by atoms with E-state index in [1.807, 2.05) is 55.5 Å². The molecule has 1 saturated carbocycles. The van der Waals surface area contributed by atoms with Crippen LogP contribution in [0.5, 0.6) is 5.75 Å². The van der Waals surface area contributed by atoms with Crippen molar-refractivity contribution in [1.29, 1.82) is 0 Å². The van der Waals surface area contributed by atoms with Crippen LogP contribution in [0.4, 0.5) is 0 Å². The summed E-state index contributed by atoms with van der Waals surface area (Å²) < 4.78 is 11.8. The van der Waals surface area contributed by atoms with Gasteiger partial charge >= 0.3 is 5.97 Å². The van der Waals surface area contributed by atoms with Crippen molar-refractivity contribution in [3.05, 3.63) is 65.4 Å². The number of H-pyrrole nitrogens is 1. The third-order valence-corrected chi connectivity index (χ3v) is 7.54. The van der Waals surface area contributed by atoms with Gasteiger partial charge in [0.2, 0.25) is 0 Å². The van der Waals surface area contributed by atoms with Gasteiger partial charge in [-0.15, -0.1) is 0 Å². The first-order valence-electron chi connectivity index (χ1n) is 12.4. The van der Waals surface area contributed by atoms with E-state index in [1.165, 1.54) is 19.3 Å².